The molecule has 0 aliphatic heterocycles. The molecule has 25 heavy (non-hydrogen) atoms. The first kappa shape index (κ1) is 20.7. The number of phenols is 1. The van der Waals surface area contributed by atoms with Crippen LogP contribution in [0.25, 0.3) is 0 Å². The van der Waals surface area contributed by atoms with Crippen molar-refractivity contribution in [2.45, 2.75) is 58.3 Å². The average molecular weight is 347 g/mol. The summed E-state index contributed by atoms with van der Waals surface area (Å²) in [5.41, 5.74) is 3.10. The number of carbonyl (C=O) groups excluding carboxylic acids is 2. The summed E-state index contributed by atoms with van der Waals surface area (Å²) in [5, 5.41) is 15.6. The van der Waals surface area contributed by atoms with Gasteiger partial charge in [0.25, 0.3) is 5.91 Å². The van der Waals surface area contributed by atoms with Crippen molar-refractivity contribution in [2.75, 3.05) is 6.54 Å². The number of rotatable bonds is 12. The van der Waals surface area contributed by atoms with Crippen LogP contribution in [0.3, 0.4) is 0 Å². The second kappa shape index (κ2) is 13.0. The maximum absolute atomic E-state index is 11.7. The van der Waals surface area contributed by atoms with Crippen molar-refractivity contribution in [1.29, 1.82) is 0 Å². The molecule has 138 valence electrons. The van der Waals surface area contributed by atoms with Gasteiger partial charge in [-0.05, 0) is 36.2 Å². The molecule has 0 aliphatic rings. The highest BCUT2D eigenvalue weighted by Gasteiger charge is 2.04. The van der Waals surface area contributed by atoms with Gasteiger partial charge >= 0.3 is 0 Å². The Bertz CT molecular complexity index is 541. The molecule has 6 nitrogen and oxygen atoms in total. The lowest BCUT2D eigenvalue weighted by Gasteiger charge is -2.04. The van der Waals surface area contributed by atoms with Crippen molar-refractivity contribution in [3.05, 3.63) is 29.8 Å². The van der Waals surface area contributed by atoms with Crippen molar-refractivity contribution in [3.63, 3.8) is 0 Å². The first-order valence-corrected chi connectivity index (χ1v) is 8.99. The molecule has 0 atom stereocenters. The zero-order chi connectivity index (χ0) is 18.3. The van der Waals surface area contributed by atoms with Gasteiger partial charge in [-0.1, -0.05) is 45.4 Å². The van der Waals surface area contributed by atoms with Gasteiger partial charge in [-0.3, -0.25) is 9.59 Å². The summed E-state index contributed by atoms with van der Waals surface area (Å²) >= 11 is 0. The fourth-order valence-corrected chi connectivity index (χ4v) is 2.29. The van der Waals surface area contributed by atoms with E-state index in [4.69, 9.17) is 5.11 Å². The molecular weight excluding hydrogens is 318 g/mol. The Labute approximate surface area is 149 Å². The lowest BCUT2D eigenvalue weighted by molar-refractivity contribution is -0.126. The van der Waals surface area contributed by atoms with E-state index in [9.17, 15) is 9.59 Å². The number of benzene rings is 1. The lowest BCUT2D eigenvalue weighted by Crippen LogP contribution is -2.34. The Hall–Kier alpha value is -2.37. The molecular formula is C19H29N3O3. The molecule has 0 bridgehead atoms. The van der Waals surface area contributed by atoms with Gasteiger partial charge in [0.15, 0.2) is 0 Å². The highest BCUT2D eigenvalue weighted by atomic mass is 16.3. The molecule has 0 radical (unpaired) electrons. The van der Waals surface area contributed by atoms with Crippen LogP contribution >= 0.6 is 0 Å². The Balaban J connectivity index is 2.06. The summed E-state index contributed by atoms with van der Waals surface area (Å²) < 4.78 is 0. The average Bonchev–Trinajstić information content (AvgIpc) is 2.61. The van der Waals surface area contributed by atoms with Gasteiger partial charge in [-0.2, -0.15) is 5.10 Å². The van der Waals surface area contributed by atoms with E-state index in [-0.39, 0.29) is 24.1 Å². The quantitative estimate of drug-likeness (QED) is 0.308. The number of phenolic OH excluding ortho intramolecular Hbond substituents is 1. The Morgan fingerprint density at radius 2 is 1.64 bits per heavy atom. The van der Waals surface area contributed by atoms with E-state index in [0.717, 1.165) is 18.4 Å². The van der Waals surface area contributed by atoms with E-state index in [1.54, 1.807) is 12.1 Å². The molecule has 0 aliphatic carbocycles. The second-order valence-corrected chi connectivity index (χ2v) is 6.03. The van der Waals surface area contributed by atoms with E-state index >= 15 is 0 Å². The Morgan fingerprint density at radius 3 is 2.32 bits per heavy atom. The topological polar surface area (TPSA) is 90.8 Å². The maximum atomic E-state index is 11.7. The third-order valence-corrected chi connectivity index (χ3v) is 3.75. The van der Waals surface area contributed by atoms with Crippen LogP contribution in [0.4, 0.5) is 0 Å². The third kappa shape index (κ3) is 10.9. The van der Waals surface area contributed by atoms with E-state index in [0.29, 0.717) is 6.42 Å². The molecule has 1 aromatic carbocycles. The highest BCUT2D eigenvalue weighted by Crippen LogP contribution is 2.08. The molecule has 0 saturated heterocycles. The monoisotopic (exact) mass is 347 g/mol. The van der Waals surface area contributed by atoms with E-state index < -0.39 is 0 Å². The van der Waals surface area contributed by atoms with Crippen LogP contribution < -0.4 is 10.7 Å². The highest BCUT2D eigenvalue weighted by molar-refractivity contribution is 5.86. The normalized spacial score (nSPS) is 10.8. The van der Waals surface area contributed by atoms with Crippen LogP contribution in [0.5, 0.6) is 5.75 Å². The number of hydrazone groups is 1. The van der Waals surface area contributed by atoms with Crippen molar-refractivity contribution < 1.29 is 14.7 Å². The van der Waals surface area contributed by atoms with Crippen LogP contribution in [-0.4, -0.2) is 29.7 Å². The minimum Gasteiger partial charge on any atom is -0.508 e. The summed E-state index contributed by atoms with van der Waals surface area (Å²) in [6.45, 7) is 2.11. The van der Waals surface area contributed by atoms with Crippen LogP contribution in [0.1, 0.15) is 63.9 Å². The standard InChI is InChI=1S/C19H29N3O3/c1-2-3-4-5-6-7-8-9-18(24)20-15-19(25)22-21-14-16-10-12-17(23)13-11-16/h10-14,23H,2-9,15H2,1H3,(H,20,24)(H,22,25)/b21-14+. The molecule has 2 amide bonds. The molecule has 6 heteroatoms. The predicted octanol–water partition coefficient (Wildman–Crippen LogP) is 3.10. The van der Waals surface area contributed by atoms with Crippen LogP contribution in [-0.2, 0) is 9.59 Å². The zero-order valence-electron chi connectivity index (χ0n) is 15.0. The van der Waals surface area contributed by atoms with Gasteiger partial charge in [0, 0.05) is 6.42 Å². The van der Waals surface area contributed by atoms with E-state index in [1.165, 1.54) is 50.5 Å². The largest absolute Gasteiger partial charge is 0.508 e. The van der Waals surface area contributed by atoms with Crippen LogP contribution in [0, 0.1) is 0 Å². The summed E-state index contributed by atoms with van der Waals surface area (Å²) in [4.78, 5) is 23.2. The zero-order valence-corrected chi connectivity index (χ0v) is 15.0. The molecule has 0 heterocycles. The fraction of sp³-hybridized carbons (Fsp3) is 0.526. The minimum atomic E-state index is -0.372. The predicted molar refractivity (Wildman–Crippen MR) is 99.5 cm³/mol. The number of nitrogens with zero attached hydrogens (tertiary/aromatic N) is 1. The Morgan fingerprint density at radius 1 is 1.00 bits per heavy atom. The van der Waals surface area contributed by atoms with Gasteiger partial charge in [-0.25, -0.2) is 5.43 Å². The Kier molecular flexibility index (Phi) is 10.7. The van der Waals surface area contributed by atoms with Crippen LogP contribution in [0.15, 0.2) is 29.4 Å². The van der Waals surface area contributed by atoms with Crippen molar-refractivity contribution in [1.82, 2.24) is 10.7 Å². The molecule has 1 aromatic rings. The van der Waals surface area contributed by atoms with Crippen molar-refractivity contribution in [3.8, 4) is 5.75 Å². The third-order valence-electron chi connectivity index (χ3n) is 3.75. The molecule has 1 rings (SSSR count). The van der Waals surface area contributed by atoms with Gasteiger partial charge < -0.3 is 10.4 Å². The molecule has 0 saturated carbocycles. The van der Waals surface area contributed by atoms with E-state index in [2.05, 4.69) is 22.8 Å². The SMILES string of the molecule is CCCCCCCCCC(=O)NCC(=O)N/N=C/c1ccc(O)cc1. The van der Waals surface area contributed by atoms with Crippen molar-refractivity contribution >= 4 is 18.0 Å². The van der Waals surface area contributed by atoms with E-state index in [1.807, 2.05) is 0 Å². The number of nitrogens with one attached hydrogen (secondary N) is 2. The number of hydrogen-bond donors (Lipinski definition) is 3. The van der Waals surface area contributed by atoms with Crippen molar-refractivity contribution in [2.24, 2.45) is 5.10 Å². The molecule has 0 fully saturated rings. The number of carbonyl (C=O) groups is 2. The molecule has 0 unspecified atom stereocenters. The summed E-state index contributed by atoms with van der Waals surface area (Å²) in [7, 11) is 0. The fourth-order valence-electron chi connectivity index (χ4n) is 2.29. The number of amides is 2. The smallest absolute Gasteiger partial charge is 0.259 e. The van der Waals surface area contributed by atoms with Gasteiger partial charge in [0.05, 0.1) is 12.8 Å². The molecule has 3 N–H and O–H groups in total. The number of unbranched alkanes of at least 4 members (excludes halogenated alkanes) is 6. The maximum Gasteiger partial charge on any atom is 0.259 e. The number of hydrogen-bond acceptors (Lipinski definition) is 4. The molecule has 0 spiro atoms. The minimum absolute atomic E-state index is 0.0811. The summed E-state index contributed by atoms with van der Waals surface area (Å²) in [6, 6.07) is 6.42. The second-order valence-electron chi connectivity index (χ2n) is 6.03. The summed E-state index contributed by atoms with van der Waals surface area (Å²) in [5.74, 6) is -0.306. The van der Waals surface area contributed by atoms with Gasteiger partial charge in [0.1, 0.15) is 5.75 Å². The molecule has 0 aromatic heterocycles. The lowest BCUT2D eigenvalue weighted by atomic mass is 10.1. The van der Waals surface area contributed by atoms with Crippen LogP contribution in [0.2, 0.25) is 0 Å². The number of aromatic hydroxyl groups is 1. The first-order valence-electron chi connectivity index (χ1n) is 8.99. The van der Waals surface area contributed by atoms with Gasteiger partial charge in [-0.15, -0.1) is 0 Å². The summed E-state index contributed by atoms with van der Waals surface area (Å²) in [6.07, 6.45) is 10.0. The van der Waals surface area contributed by atoms with Gasteiger partial charge in [0.2, 0.25) is 5.91 Å². The first-order chi connectivity index (χ1) is 12.1.